The summed E-state index contributed by atoms with van der Waals surface area (Å²) in [4.78, 5) is 16.4. The Bertz CT molecular complexity index is 1030. The van der Waals surface area contributed by atoms with E-state index in [1.807, 2.05) is 31.6 Å². The highest BCUT2D eigenvalue weighted by atomic mass is 16.6. The number of hydrogen-bond acceptors (Lipinski definition) is 4. The second-order valence-electron chi connectivity index (χ2n) is 8.59. The fourth-order valence-electron chi connectivity index (χ4n) is 3.64. The molecule has 0 unspecified atom stereocenters. The molecule has 0 bridgehead atoms. The fourth-order valence-corrected chi connectivity index (χ4v) is 3.64. The second kappa shape index (κ2) is 7.43. The molecule has 0 N–H and O–H groups in total. The van der Waals surface area contributed by atoms with Crippen LogP contribution in [0.5, 0.6) is 0 Å². The summed E-state index contributed by atoms with van der Waals surface area (Å²) in [5.74, 6) is 0. The van der Waals surface area contributed by atoms with Crippen LogP contribution < -0.4 is 4.90 Å². The number of hydrogen-bond donors (Lipinski definition) is 0. The lowest BCUT2D eigenvalue weighted by atomic mass is 10.2. The first kappa shape index (κ1) is 19.3. The van der Waals surface area contributed by atoms with Gasteiger partial charge in [0.15, 0.2) is 0 Å². The van der Waals surface area contributed by atoms with Gasteiger partial charge in [-0.25, -0.2) is 9.48 Å². The first-order valence-electron chi connectivity index (χ1n) is 10.1. The molecule has 2 heterocycles. The summed E-state index contributed by atoms with van der Waals surface area (Å²) >= 11 is 0. The quantitative estimate of drug-likeness (QED) is 0.649. The van der Waals surface area contributed by atoms with E-state index in [2.05, 4.69) is 59.4 Å². The van der Waals surface area contributed by atoms with Crippen LogP contribution in [0.2, 0.25) is 0 Å². The molecule has 0 radical (unpaired) electrons. The molecule has 1 amide bonds. The lowest BCUT2D eigenvalue weighted by molar-refractivity contribution is 0.0240. The maximum atomic E-state index is 12.3. The Hall–Kier alpha value is -3.02. The zero-order valence-electron chi connectivity index (χ0n) is 17.6. The Morgan fingerprint density at radius 2 is 1.76 bits per heavy atom. The van der Waals surface area contributed by atoms with Gasteiger partial charge in [-0.3, -0.25) is 0 Å². The van der Waals surface area contributed by atoms with Gasteiger partial charge in [-0.15, -0.1) is 0 Å². The fraction of sp³-hybridized carbons (Fsp3) is 0.391. The molecule has 6 nitrogen and oxygen atoms in total. The summed E-state index contributed by atoms with van der Waals surface area (Å²) in [5.41, 5.74) is 4.04. The van der Waals surface area contributed by atoms with Crippen LogP contribution in [-0.2, 0) is 4.74 Å². The summed E-state index contributed by atoms with van der Waals surface area (Å²) in [5, 5.41) is 5.70. The van der Waals surface area contributed by atoms with Gasteiger partial charge in [0.1, 0.15) is 5.60 Å². The molecule has 4 rings (SSSR count). The average Bonchev–Trinajstić information content (AvgIpc) is 3.10. The van der Waals surface area contributed by atoms with E-state index in [1.165, 1.54) is 5.56 Å². The monoisotopic (exact) mass is 392 g/mol. The van der Waals surface area contributed by atoms with Crippen molar-refractivity contribution in [1.82, 2.24) is 14.7 Å². The first-order chi connectivity index (χ1) is 13.8. The predicted octanol–water partition coefficient (Wildman–Crippen LogP) is 4.39. The molecule has 1 aliphatic heterocycles. The molecule has 0 saturated carbocycles. The number of nitrogens with zero attached hydrogens (tertiary/aromatic N) is 4. The lowest BCUT2D eigenvalue weighted by Gasteiger charge is -2.36. The zero-order chi connectivity index (χ0) is 20.6. The average molecular weight is 393 g/mol. The van der Waals surface area contributed by atoms with Gasteiger partial charge in [-0.05, 0) is 63.6 Å². The van der Waals surface area contributed by atoms with Crippen LogP contribution in [0.15, 0.2) is 48.7 Å². The van der Waals surface area contributed by atoms with Gasteiger partial charge in [-0.1, -0.05) is 12.1 Å². The van der Waals surface area contributed by atoms with Gasteiger partial charge >= 0.3 is 6.09 Å². The third-order valence-electron chi connectivity index (χ3n) is 5.10. The van der Waals surface area contributed by atoms with Gasteiger partial charge in [0.25, 0.3) is 0 Å². The minimum Gasteiger partial charge on any atom is -0.444 e. The lowest BCUT2D eigenvalue weighted by Crippen LogP contribution is -2.50. The van der Waals surface area contributed by atoms with Crippen molar-refractivity contribution in [2.45, 2.75) is 33.3 Å². The van der Waals surface area contributed by atoms with Crippen LogP contribution in [0.3, 0.4) is 0 Å². The van der Waals surface area contributed by atoms with Crippen LogP contribution in [-0.4, -0.2) is 52.6 Å². The molecule has 0 atom stereocenters. The molecule has 1 aromatic heterocycles. The van der Waals surface area contributed by atoms with E-state index in [-0.39, 0.29) is 6.09 Å². The summed E-state index contributed by atoms with van der Waals surface area (Å²) in [7, 11) is 0. The Balaban J connectivity index is 1.52. The third kappa shape index (κ3) is 4.21. The van der Waals surface area contributed by atoms with E-state index in [0.29, 0.717) is 13.1 Å². The number of amides is 1. The van der Waals surface area contributed by atoms with Crippen molar-refractivity contribution in [2.75, 3.05) is 31.1 Å². The molecule has 1 fully saturated rings. The van der Waals surface area contributed by atoms with Crippen molar-refractivity contribution in [1.29, 1.82) is 0 Å². The molecular formula is C23H28N4O2. The normalized spacial score (nSPS) is 15.0. The number of carbonyl (C=O) groups is 1. The number of aromatic nitrogens is 2. The number of rotatable bonds is 2. The molecule has 2 aromatic carbocycles. The van der Waals surface area contributed by atoms with Crippen LogP contribution in [0, 0.1) is 6.92 Å². The van der Waals surface area contributed by atoms with Crippen molar-refractivity contribution in [3.05, 3.63) is 54.2 Å². The number of fused-ring (bicyclic) bond motifs is 1. The number of carbonyl (C=O) groups excluding carboxylic acids is 1. The van der Waals surface area contributed by atoms with Crippen molar-refractivity contribution in [2.24, 2.45) is 0 Å². The molecule has 0 aliphatic carbocycles. The van der Waals surface area contributed by atoms with Crippen molar-refractivity contribution in [3.8, 4) is 5.69 Å². The Labute approximate surface area is 171 Å². The molecule has 6 heteroatoms. The van der Waals surface area contributed by atoms with E-state index in [4.69, 9.17) is 4.74 Å². The molecule has 3 aromatic rings. The summed E-state index contributed by atoms with van der Waals surface area (Å²) in [6.07, 6.45) is 1.67. The largest absolute Gasteiger partial charge is 0.444 e. The summed E-state index contributed by atoms with van der Waals surface area (Å²) in [6, 6.07) is 14.8. The molecule has 29 heavy (non-hydrogen) atoms. The maximum absolute atomic E-state index is 12.3. The first-order valence-corrected chi connectivity index (χ1v) is 10.1. The van der Waals surface area contributed by atoms with Crippen molar-refractivity contribution < 1.29 is 9.53 Å². The topological polar surface area (TPSA) is 50.6 Å². The zero-order valence-corrected chi connectivity index (χ0v) is 17.6. The molecule has 152 valence electrons. The summed E-state index contributed by atoms with van der Waals surface area (Å²) < 4.78 is 7.49. The Morgan fingerprint density at radius 1 is 1.00 bits per heavy atom. The Morgan fingerprint density at radius 3 is 2.45 bits per heavy atom. The Kier molecular flexibility index (Phi) is 4.94. The van der Waals surface area contributed by atoms with Crippen LogP contribution in [0.1, 0.15) is 26.3 Å². The highest BCUT2D eigenvalue weighted by Gasteiger charge is 2.26. The number of piperazine rings is 1. The minimum absolute atomic E-state index is 0.231. The van der Waals surface area contributed by atoms with E-state index < -0.39 is 5.60 Å². The summed E-state index contributed by atoms with van der Waals surface area (Å²) in [6.45, 7) is 10.7. The van der Waals surface area contributed by atoms with Crippen LogP contribution in [0.4, 0.5) is 10.5 Å². The van der Waals surface area contributed by atoms with E-state index in [1.54, 1.807) is 4.90 Å². The van der Waals surface area contributed by atoms with Gasteiger partial charge in [0.05, 0.1) is 17.4 Å². The van der Waals surface area contributed by atoms with E-state index in [9.17, 15) is 4.79 Å². The van der Waals surface area contributed by atoms with E-state index in [0.717, 1.165) is 35.4 Å². The highest BCUT2D eigenvalue weighted by molar-refractivity contribution is 5.84. The second-order valence-corrected chi connectivity index (χ2v) is 8.59. The molecule has 0 spiro atoms. The van der Waals surface area contributed by atoms with E-state index >= 15 is 0 Å². The van der Waals surface area contributed by atoms with Crippen molar-refractivity contribution >= 4 is 22.7 Å². The standard InChI is InChI=1S/C23H28N4O2/c1-17-6-5-7-20(14-17)27-21-15-19(9-8-18(21)16-24-27)25-10-12-26(13-11-25)22(28)29-23(2,3)4/h5-9,14-16H,10-13H2,1-4H3. The van der Waals surface area contributed by atoms with Crippen molar-refractivity contribution in [3.63, 3.8) is 0 Å². The smallest absolute Gasteiger partial charge is 0.410 e. The highest BCUT2D eigenvalue weighted by Crippen LogP contribution is 2.26. The number of benzene rings is 2. The number of ether oxygens (including phenoxy) is 1. The number of aryl methyl sites for hydroxylation is 1. The number of anilines is 1. The molecule has 1 aliphatic rings. The SMILES string of the molecule is Cc1cccc(-n2ncc3ccc(N4CCN(C(=O)OC(C)(C)C)CC4)cc32)c1. The third-order valence-corrected chi connectivity index (χ3v) is 5.10. The molecular weight excluding hydrogens is 364 g/mol. The minimum atomic E-state index is -0.465. The van der Waals surface area contributed by atoms with Gasteiger partial charge < -0.3 is 14.5 Å². The van der Waals surface area contributed by atoms with Gasteiger partial charge in [0.2, 0.25) is 0 Å². The van der Waals surface area contributed by atoms with Crippen LogP contribution in [0.25, 0.3) is 16.6 Å². The predicted molar refractivity (Wildman–Crippen MR) is 116 cm³/mol. The maximum Gasteiger partial charge on any atom is 0.410 e. The van der Waals surface area contributed by atoms with Crippen LogP contribution >= 0.6 is 0 Å². The van der Waals surface area contributed by atoms with Gasteiger partial charge in [0, 0.05) is 37.3 Å². The molecule has 1 saturated heterocycles. The van der Waals surface area contributed by atoms with Gasteiger partial charge in [-0.2, -0.15) is 5.10 Å².